The number of anilines is 1. The highest BCUT2D eigenvalue weighted by atomic mass is 19.1. The second kappa shape index (κ2) is 12.7. The minimum Gasteiger partial charge on any atom is -0.387 e. The number of Topliss-reactive ketones (excluding diaryl/α,β-unsaturated/α-hetero) is 1. The fourth-order valence-corrected chi connectivity index (χ4v) is 4.30. The summed E-state index contributed by atoms with van der Waals surface area (Å²) in [6.45, 7) is 6.26. The highest BCUT2D eigenvalue weighted by molar-refractivity contribution is 6.20. The quantitative estimate of drug-likeness (QED) is 0.359. The fourth-order valence-electron chi connectivity index (χ4n) is 4.30. The Balaban J connectivity index is 1.62. The van der Waals surface area contributed by atoms with E-state index in [0.717, 1.165) is 18.2 Å². The summed E-state index contributed by atoms with van der Waals surface area (Å²) in [5.41, 5.74) is 0.851. The van der Waals surface area contributed by atoms with Crippen molar-refractivity contribution in [1.82, 2.24) is 15.6 Å². The number of pyridine rings is 1. The third kappa shape index (κ3) is 6.92. The lowest BCUT2D eigenvalue weighted by molar-refractivity contribution is -0.130. The van der Waals surface area contributed by atoms with Crippen LogP contribution < -0.4 is 15.5 Å². The smallest absolute Gasteiger partial charge is 0.272 e. The largest absolute Gasteiger partial charge is 0.387 e. The van der Waals surface area contributed by atoms with Gasteiger partial charge in [-0.3, -0.25) is 19.4 Å². The molecule has 2 amide bonds. The average Bonchev–Trinajstić information content (AvgIpc) is 3.07. The first-order chi connectivity index (χ1) is 19.9. The van der Waals surface area contributed by atoms with Crippen molar-refractivity contribution in [3.63, 3.8) is 0 Å². The van der Waals surface area contributed by atoms with Gasteiger partial charge in [-0.15, -0.1) is 0 Å². The van der Waals surface area contributed by atoms with Gasteiger partial charge in [-0.1, -0.05) is 45.0 Å². The van der Waals surface area contributed by atoms with Crippen LogP contribution in [0, 0.1) is 17.0 Å². The summed E-state index contributed by atoms with van der Waals surface area (Å²) in [5.74, 6) is -2.94. The Kier molecular flexibility index (Phi) is 9.23. The topological polar surface area (TPSA) is 124 Å². The molecule has 0 fully saturated rings. The Labute approximate surface area is 242 Å². The Morgan fingerprint density at radius 1 is 1.07 bits per heavy atom. The molecule has 1 aliphatic heterocycles. The Bertz CT molecular complexity index is 1510. The van der Waals surface area contributed by atoms with Crippen LogP contribution in [0.2, 0.25) is 0 Å². The number of aliphatic hydroxyl groups excluding tert-OH is 1. The third-order valence-corrected chi connectivity index (χ3v) is 6.86. The molecule has 4 rings (SSSR count). The van der Waals surface area contributed by atoms with E-state index in [4.69, 9.17) is 0 Å². The van der Waals surface area contributed by atoms with Crippen LogP contribution in [-0.4, -0.2) is 58.7 Å². The summed E-state index contributed by atoms with van der Waals surface area (Å²) in [6.07, 6.45) is -1.26. The van der Waals surface area contributed by atoms with Gasteiger partial charge in [-0.25, -0.2) is 13.8 Å². The zero-order valence-corrected chi connectivity index (χ0v) is 23.8. The van der Waals surface area contributed by atoms with Gasteiger partial charge in [0.05, 0.1) is 35.8 Å². The van der Waals surface area contributed by atoms with Gasteiger partial charge in [-0.2, -0.15) is 0 Å². The Morgan fingerprint density at radius 2 is 1.79 bits per heavy atom. The van der Waals surface area contributed by atoms with Crippen LogP contribution in [0.3, 0.4) is 0 Å². The molecule has 0 saturated carbocycles. The molecule has 2 heterocycles. The summed E-state index contributed by atoms with van der Waals surface area (Å²) < 4.78 is 27.6. The molecule has 11 heteroatoms. The second-order valence-electron chi connectivity index (χ2n) is 11.0. The lowest BCUT2D eigenvalue weighted by Crippen LogP contribution is -2.53. The number of benzodiazepines with no additional fused rings is 1. The van der Waals surface area contributed by atoms with E-state index in [2.05, 4.69) is 20.6 Å². The number of aromatic nitrogens is 1. The minimum atomic E-state index is -1.43. The predicted molar refractivity (Wildman–Crippen MR) is 154 cm³/mol. The number of aliphatic imine (C=N–C) groups is 1. The molecular formula is C31H33F2N5O4. The number of amides is 2. The summed E-state index contributed by atoms with van der Waals surface area (Å²) >= 11 is 0. The molecule has 3 N–H and O–H groups in total. The molecule has 1 aromatic heterocycles. The lowest BCUT2D eigenvalue weighted by atomic mass is 9.90. The molecule has 2 unspecified atom stereocenters. The first kappa shape index (κ1) is 30.6. The molecule has 3 atom stereocenters. The molecular weight excluding hydrogens is 544 g/mol. The first-order valence-corrected chi connectivity index (χ1v) is 13.5. The number of carbonyl (C=O) groups is 3. The molecule has 0 aliphatic carbocycles. The standard InChI is InChI=1S/C31H33F2N5O4/c1-18(35-16-25(39)21-15-19(32)12-13-22(21)33)29(41)37-28-30(42)38(17-26(40)31(2,3)4)24-11-6-5-9-20(24)27(36-28)23-10-7-8-14-34-23/h5-15,18,25,28,35,39H,16-17H2,1-4H3,(H,37,41)/t18-,25?,28?/m0/s1. The molecule has 0 bridgehead atoms. The van der Waals surface area contributed by atoms with E-state index in [9.17, 15) is 28.3 Å². The fraction of sp³-hybridized carbons (Fsp3) is 0.323. The monoisotopic (exact) mass is 577 g/mol. The maximum absolute atomic E-state index is 14.1. The lowest BCUT2D eigenvalue weighted by Gasteiger charge is -2.28. The van der Waals surface area contributed by atoms with E-state index in [1.807, 2.05) is 0 Å². The Hall–Kier alpha value is -4.35. The number of benzene rings is 2. The van der Waals surface area contributed by atoms with Crippen molar-refractivity contribution in [3.8, 4) is 0 Å². The van der Waals surface area contributed by atoms with Crippen molar-refractivity contribution in [2.45, 2.75) is 46.0 Å². The molecule has 9 nitrogen and oxygen atoms in total. The van der Waals surface area contributed by atoms with Crippen molar-refractivity contribution in [2.24, 2.45) is 10.4 Å². The highest BCUT2D eigenvalue weighted by Crippen LogP contribution is 2.29. The van der Waals surface area contributed by atoms with Gasteiger partial charge < -0.3 is 20.6 Å². The first-order valence-electron chi connectivity index (χ1n) is 13.5. The van der Waals surface area contributed by atoms with Crippen molar-refractivity contribution < 1.29 is 28.3 Å². The number of aliphatic hydroxyl groups is 1. The molecule has 0 spiro atoms. The number of ketones is 1. The van der Waals surface area contributed by atoms with E-state index in [1.54, 1.807) is 69.4 Å². The Morgan fingerprint density at radius 3 is 2.48 bits per heavy atom. The highest BCUT2D eigenvalue weighted by Gasteiger charge is 2.36. The van der Waals surface area contributed by atoms with Gasteiger partial charge in [0.25, 0.3) is 5.91 Å². The van der Waals surface area contributed by atoms with Gasteiger partial charge in [0, 0.05) is 29.3 Å². The molecule has 3 aromatic rings. The molecule has 1 aliphatic rings. The number of fused-ring (bicyclic) bond motifs is 1. The third-order valence-electron chi connectivity index (χ3n) is 6.86. The van der Waals surface area contributed by atoms with E-state index in [-0.39, 0.29) is 24.4 Å². The molecule has 2 aromatic carbocycles. The van der Waals surface area contributed by atoms with Crippen LogP contribution in [0.5, 0.6) is 0 Å². The van der Waals surface area contributed by atoms with E-state index >= 15 is 0 Å². The second-order valence-corrected chi connectivity index (χ2v) is 11.0. The summed E-state index contributed by atoms with van der Waals surface area (Å²) in [5, 5.41) is 15.8. The van der Waals surface area contributed by atoms with E-state index in [0.29, 0.717) is 22.7 Å². The number of halogens is 2. The number of hydrogen-bond donors (Lipinski definition) is 3. The molecule has 0 radical (unpaired) electrons. The van der Waals surface area contributed by atoms with E-state index < -0.39 is 47.2 Å². The number of hydrogen-bond acceptors (Lipinski definition) is 7. The van der Waals surface area contributed by atoms with Crippen LogP contribution in [0.1, 0.15) is 50.6 Å². The van der Waals surface area contributed by atoms with Crippen LogP contribution in [0.4, 0.5) is 14.5 Å². The van der Waals surface area contributed by atoms with Gasteiger partial charge in [0.2, 0.25) is 12.1 Å². The van der Waals surface area contributed by atoms with Gasteiger partial charge in [-0.05, 0) is 43.3 Å². The molecule has 220 valence electrons. The number of carbonyl (C=O) groups excluding carboxylic acids is 3. The number of rotatable bonds is 9. The zero-order chi connectivity index (χ0) is 30.6. The molecule has 0 saturated heterocycles. The maximum Gasteiger partial charge on any atom is 0.272 e. The van der Waals surface area contributed by atoms with Crippen LogP contribution in [-0.2, 0) is 14.4 Å². The van der Waals surface area contributed by atoms with Gasteiger partial charge in [0.1, 0.15) is 11.6 Å². The molecule has 42 heavy (non-hydrogen) atoms. The summed E-state index contributed by atoms with van der Waals surface area (Å²) in [6, 6.07) is 14.0. The van der Waals surface area contributed by atoms with E-state index in [1.165, 1.54) is 11.8 Å². The van der Waals surface area contributed by atoms with Gasteiger partial charge >= 0.3 is 0 Å². The average molecular weight is 578 g/mol. The van der Waals surface area contributed by atoms with Crippen molar-refractivity contribution >= 4 is 29.0 Å². The number of nitrogens with one attached hydrogen (secondary N) is 2. The van der Waals surface area contributed by atoms with Crippen LogP contribution >= 0.6 is 0 Å². The van der Waals surface area contributed by atoms with Gasteiger partial charge in [0.15, 0.2) is 5.78 Å². The minimum absolute atomic E-state index is 0.189. The van der Waals surface area contributed by atoms with Crippen LogP contribution in [0.15, 0.2) is 71.9 Å². The normalized spacial score (nSPS) is 16.6. The SMILES string of the molecule is C[C@H](NCC(O)c1cc(F)ccc1F)C(=O)NC1N=C(c2ccccn2)c2ccccc2N(CC(=O)C(C)(C)C)C1=O. The predicted octanol–water partition coefficient (Wildman–Crippen LogP) is 3.31. The summed E-state index contributed by atoms with van der Waals surface area (Å²) in [4.78, 5) is 50.6. The maximum atomic E-state index is 14.1. The zero-order valence-electron chi connectivity index (χ0n) is 23.8. The van der Waals surface area contributed by atoms with Crippen molar-refractivity contribution in [3.05, 3.63) is 95.3 Å². The number of nitrogens with zero attached hydrogens (tertiary/aromatic N) is 3. The number of para-hydroxylation sites is 1. The van der Waals surface area contributed by atoms with Crippen molar-refractivity contribution in [2.75, 3.05) is 18.0 Å². The van der Waals surface area contributed by atoms with Crippen LogP contribution in [0.25, 0.3) is 0 Å². The van der Waals surface area contributed by atoms with Crippen molar-refractivity contribution in [1.29, 1.82) is 0 Å². The summed E-state index contributed by atoms with van der Waals surface area (Å²) in [7, 11) is 0.